The molecule has 1 aliphatic rings. The quantitative estimate of drug-likeness (QED) is 0.455. The van der Waals surface area contributed by atoms with Crippen LogP contribution < -0.4 is 14.2 Å². The van der Waals surface area contributed by atoms with Crippen molar-refractivity contribution in [3.8, 4) is 17.2 Å². The van der Waals surface area contributed by atoms with Crippen LogP contribution in [0.4, 0.5) is 0 Å². The Morgan fingerprint density at radius 1 is 0.882 bits per heavy atom. The molecule has 1 fully saturated rings. The number of hydrogen-bond acceptors (Lipinski definition) is 8. The molecular weight excluding hydrogens is 456 g/mol. The molecular formula is C24H33ClN6O3. The van der Waals surface area contributed by atoms with Crippen LogP contribution in [0.5, 0.6) is 17.2 Å². The second-order valence-corrected chi connectivity index (χ2v) is 8.03. The van der Waals surface area contributed by atoms with Gasteiger partial charge in [-0.1, -0.05) is 25.1 Å². The van der Waals surface area contributed by atoms with Gasteiger partial charge in [0.05, 0.1) is 33.9 Å². The van der Waals surface area contributed by atoms with Crippen LogP contribution in [0.2, 0.25) is 0 Å². The molecule has 3 aromatic rings. The number of nitrogens with zero attached hydrogens (tertiary/aromatic N) is 6. The molecule has 0 saturated carbocycles. The minimum absolute atomic E-state index is 0. The smallest absolute Gasteiger partial charge is 0.173 e. The van der Waals surface area contributed by atoms with Crippen molar-refractivity contribution in [3.05, 3.63) is 59.4 Å². The first kappa shape index (κ1) is 25.7. The van der Waals surface area contributed by atoms with Gasteiger partial charge in [-0.05, 0) is 52.4 Å². The third-order valence-corrected chi connectivity index (χ3v) is 6.24. The Kier molecular flexibility index (Phi) is 9.09. The molecule has 2 aromatic carbocycles. The van der Waals surface area contributed by atoms with Crippen LogP contribution in [0, 0.1) is 0 Å². The number of rotatable bonds is 9. The Labute approximate surface area is 207 Å². The number of ether oxygens (including phenoxy) is 3. The van der Waals surface area contributed by atoms with Gasteiger partial charge in [-0.15, -0.1) is 17.5 Å². The van der Waals surface area contributed by atoms with E-state index < -0.39 is 0 Å². The van der Waals surface area contributed by atoms with Gasteiger partial charge in [0, 0.05) is 26.2 Å². The standard InChI is InChI=1S/C24H32N6O3.ClH/c1-5-28-12-14-29(15-13-28)23(19-8-11-21(32-3)22(16-19)33-4)24-25-26-27-30(24)17-18-6-9-20(31-2)10-7-18;/h6-11,16,23H,5,12-15,17H2,1-4H3;1H. The zero-order valence-electron chi connectivity index (χ0n) is 20.2. The molecule has 1 atom stereocenters. The van der Waals surface area contributed by atoms with Gasteiger partial charge >= 0.3 is 0 Å². The van der Waals surface area contributed by atoms with E-state index in [1.807, 2.05) is 41.1 Å². The third-order valence-electron chi connectivity index (χ3n) is 6.24. The van der Waals surface area contributed by atoms with Gasteiger partial charge in [0.15, 0.2) is 17.3 Å². The first-order valence-electron chi connectivity index (χ1n) is 11.2. The minimum atomic E-state index is -0.0999. The molecule has 0 bridgehead atoms. The molecule has 2 heterocycles. The van der Waals surface area contributed by atoms with Crippen molar-refractivity contribution >= 4 is 12.4 Å². The van der Waals surface area contributed by atoms with Gasteiger partial charge < -0.3 is 19.1 Å². The third kappa shape index (κ3) is 5.60. The van der Waals surface area contributed by atoms with E-state index in [1.165, 1.54) is 0 Å². The molecule has 184 valence electrons. The molecule has 1 saturated heterocycles. The van der Waals surface area contributed by atoms with E-state index in [9.17, 15) is 0 Å². The van der Waals surface area contributed by atoms with Crippen LogP contribution in [-0.2, 0) is 6.54 Å². The Hall–Kier alpha value is -2.88. The van der Waals surface area contributed by atoms with Crippen LogP contribution >= 0.6 is 12.4 Å². The van der Waals surface area contributed by atoms with E-state index in [2.05, 4.69) is 38.3 Å². The molecule has 0 amide bonds. The van der Waals surface area contributed by atoms with Gasteiger partial charge in [0.25, 0.3) is 0 Å². The monoisotopic (exact) mass is 488 g/mol. The van der Waals surface area contributed by atoms with Crippen molar-refractivity contribution in [1.29, 1.82) is 0 Å². The van der Waals surface area contributed by atoms with Gasteiger partial charge in [-0.25, -0.2) is 4.68 Å². The van der Waals surface area contributed by atoms with Crippen LogP contribution in [-0.4, -0.2) is 84.1 Å². The molecule has 1 aliphatic heterocycles. The van der Waals surface area contributed by atoms with Gasteiger partial charge in [-0.2, -0.15) is 0 Å². The molecule has 1 unspecified atom stereocenters. The fraction of sp³-hybridized carbons (Fsp3) is 0.458. The fourth-order valence-corrected chi connectivity index (χ4v) is 4.31. The maximum atomic E-state index is 5.59. The van der Waals surface area contributed by atoms with Crippen molar-refractivity contribution in [2.24, 2.45) is 0 Å². The number of likely N-dealkylation sites (N-methyl/N-ethyl adjacent to an activating group) is 1. The average molecular weight is 489 g/mol. The summed E-state index contributed by atoms with van der Waals surface area (Å²) in [6.45, 7) is 7.73. The number of benzene rings is 2. The van der Waals surface area contributed by atoms with Gasteiger partial charge in [0.2, 0.25) is 0 Å². The lowest BCUT2D eigenvalue weighted by molar-refractivity contribution is 0.108. The Morgan fingerprint density at radius 2 is 1.59 bits per heavy atom. The molecule has 9 nitrogen and oxygen atoms in total. The van der Waals surface area contributed by atoms with Gasteiger partial charge in [-0.3, -0.25) is 4.90 Å². The van der Waals surface area contributed by atoms with E-state index in [4.69, 9.17) is 14.2 Å². The Morgan fingerprint density at radius 3 is 2.21 bits per heavy atom. The summed E-state index contributed by atoms with van der Waals surface area (Å²) in [5.74, 6) is 3.03. The van der Waals surface area contributed by atoms with Crippen molar-refractivity contribution < 1.29 is 14.2 Å². The lowest BCUT2D eigenvalue weighted by atomic mass is 10.0. The number of tetrazole rings is 1. The number of hydrogen-bond donors (Lipinski definition) is 0. The summed E-state index contributed by atoms with van der Waals surface area (Å²) in [5, 5.41) is 12.9. The second kappa shape index (κ2) is 12.0. The molecule has 4 rings (SSSR count). The molecule has 0 N–H and O–H groups in total. The van der Waals surface area contributed by atoms with Crippen LogP contribution in [0.3, 0.4) is 0 Å². The summed E-state index contributed by atoms with van der Waals surface area (Å²) < 4.78 is 18.2. The molecule has 1 aromatic heterocycles. The first-order valence-corrected chi connectivity index (χ1v) is 11.2. The summed E-state index contributed by atoms with van der Waals surface area (Å²) >= 11 is 0. The van der Waals surface area contributed by atoms with Crippen LogP contribution in [0.25, 0.3) is 0 Å². The predicted molar refractivity (Wildman–Crippen MR) is 132 cm³/mol. The minimum Gasteiger partial charge on any atom is -0.497 e. The molecule has 10 heteroatoms. The van der Waals surface area contributed by atoms with Crippen molar-refractivity contribution in [1.82, 2.24) is 30.0 Å². The highest BCUT2D eigenvalue weighted by Crippen LogP contribution is 2.35. The highest BCUT2D eigenvalue weighted by atomic mass is 35.5. The number of piperazine rings is 1. The van der Waals surface area contributed by atoms with E-state index in [0.717, 1.165) is 55.4 Å². The fourth-order valence-electron chi connectivity index (χ4n) is 4.31. The number of aromatic nitrogens is 4. The van der Waals surface area contributed by atoms with E-state index >= 15 is 0 Å². The van der Waals surface area contributed by atoms with E-state index in [0.29, 0.717) is 18.0 Å². The summed E-state index contributed by atoms with van der Waals surface area (Å²) in [6.07, 6.45) is 0. The second-order valence-electron chi connectivity index (χ2n) is 8.03. The lowest BCUT2D eigenvalue weighted by Gasteiger charge is -2.38. The summed E-state index contributed by atoms with van der Waals surface area (Å²) in [7, 11) is 4.97. The zero-order valence-corrected chi connectivity index (χ0v) is 21.0. The molecule has 0 radical (unpaired) electrons. The highest BCUT2D eigenvalue weighted by molar-refractivity contribution is 5.85. The van der Waals surface area contributed by atoms with Crippen LogP contribution in [0.15, 0.2) is 42.5 Å². The highest BCUT2D eigenvalue weighted by Gasteiger charge is 2.31. The predicted octanol–water partition coefficient (Wildman–Crippen LogP) is 2.90. The Bertz CT molecular complexity index is 1040. The first-order chi connectivity index (χ1) is 16.2. The van der Waals surface area contributed by atoms with E-state index in [1.54, 1.807) is 21.3 Å². The van der Waals surface area contributed by atoms with Crippen molar-refractivity contribution in [2.75, 3.05) is 54.1 Å². The number of halogens is 1. The Balaban J connectivity index is 0.00000324. The number of methoxy groups -OCH3 is 3. The molecule has 0 aliphatic carbocycles. The molecule has 34 heavy (non-hydrogen) atoms. The normalized spacial score (nSPS) is 15.4. The zero-order chi connectivity index (χ0) is 23.2. The maximum absolute atomic E-state index is 5.59. The van der Waals surface area contributed by atoms with Crippen molar-refractivity contribution in [3.63, 3.8) is 0 Å². The summed E-state index contributed by atoms with van der Waals surface area (Å²) in [4.78, 5) is 4.91. The largest absolute Gasteiger partial charge is 0.497 e. The van der Waals surface area contributed by atoms with Crippen molar-refractivity contribution in [2.45, 2.75) is 19.5 Å². The summed E-state index contributed by atoms with van der Waals surface area (Å²) in [6, 6.07) is 13.9. The SMILES string of the molecule is CCN1CCN(C(c2ccc(OC)c(OC)c2)c2nnnn2Cc2ccc(OC)cc2)CC1.Cl. The molecule has 0 spiro atoms. The summed E-state index contributed by atoms with van der Waals surface area (Å²) in [5.41, 5.74) is 2.18. The van der Waals surface area contributed by atoms with E-state index in [-0.39, 0.29) is 18.4 Å². The average Bonchev–Trinajstić information content (AvgIpc) is 3.32. The van der Waals surface area contributed by atoms with Crippen LogP contribution in [0.1, 0.15) is 29.9 Å². The van der Waals surface area contributed by atoms with Gasteiger partial charge in [0.1, 0.15) is 5.75 Å². The topological polar surface area (TPSA) is 77.8 Å². The lowest BCUT2D eigenvalue weighted by Crippen LogP contribution is -2.48. The maximum Gasteiger partial charge on any atom is 0.173 e.